The van der Waals surface area contributed by atoms with Gasteiger partial charge in [-0.15, -0.1) is 0 Å². The average molecular weight is 573 g/mol. The average Bonchev–Trinajstić information content (AvgIpc) is 3.43. The van der Waals surface area contributed by atoms with E-state index in [9.17, 15) is 14.0 Å². The Morgan fingerprint density at radius 2 is 2.03 bits per heavy atom. The number of H-pyrrole nitrogens is 1. The highest BCUT2D eigenvalue weighted by Crippen LogP contribution is 2.65. The van der Waals surface area contributed by atoms with Gasteiger partial charge in [-0.2, -0.15) is 0 Å². The smallest absolute Gasteiger partial charge is 0.282 e. The summed E-state index contributed by atoms with van der Waals surface area (Å²) in [6, 6.07) is 1.73. The Morgan fingerprint density at radius 1 is 1.24 bits per heavy atom. The number of amides is 2. The normalized spacial score (nSPS) is 38.0. The van der Waals surface area contributed by atoms with Gasteiger partial charge in [-0.05, 0) is 96.7 Å². The second-order valence-corrected chi connectivity index (χ2v) is 13.2. The number of rotatable bonds is 3. The maximum Gasteiger partial charge on any atom is 0.282 e. The van der Waals surface area contributed by atoms with Crippen LogP contribution >= 0.6 is 15.9 Å². The van der Waals surface area contributed by atoms with Crippen LogP contribution in [0.3, 0.4) is 0 Å². The number of hydrogen-bond acceptors (Lipinski definition) is 4. The van der Waals surface area contributed by atoms with E-state index >= 15 is 0 Å². The zero-order valence-electron chi connectivity index (χ0n) is 21.9. The van der Waals surface area contributed by atoms with Gasteiger partial charge in [-0.25, -0.2) is 14.4 Å². The van der Waals surface area contributed by atoms with Crippen molar-refractivity contribution < 1.29 is 14.0 Å². The van der Waals surface area contributed by atoms with Crippen molar-refractivity contribution in [3.05, 3.63) is 34.5 Å². The van der Waals surface area contributed by atoms with Crippen molar-refractivity contribution in [1.29, 1.82) is 0 Å². The van der Waals surface area contributed by atoms with Gasteiger partial charge in [0.1, 0.15) is 5.82 Å². The number of likely N-dealkylation sites (N-methyl/N-ethyl adjacent to an activating group) is 1. The van der Waals surface area contributed by atoms with E-state index in [0.29, 0.717) is 29.2 Å². The van der Waals surface area contributed by atoms with Gasteiger partial charge >= 0.3 is 0 Å². The van der Waals surface area contributed by atoms with Crippen LogP contribution in [0.5, 0.6) is 0 Å². The highest BCUT2D eigenvalue weighted by atomic mass is 79.9. The summed E-state index contributed by atoms with van der Waals surface area (Å²) in [5, 5.41) is 3.24. The Balaban J connectivity index is 1.20. The van der Waals surface area contributed by atoms with E-state index in [-0.39, 0.29) is 34.7 Å². The van der Waals surface area contributed by atoms with Crippen LogP contribution in [0, 0.1) is 34.5 Å². The van der Waals surface area contributed by atoms with Crippen LogP contribution in [-0.4, -0.2) is 44.8 Å². The largest absolute Gasteiger partial charge is 0.346 e. The number of hydrogen-bond donors (Lipinski definition) is 2. The molecular weight excluding hydrogens is 537 g/mol. The molecule has 0 saturated heterocycles. The fourth-order valence-electron chi connectivity index (χ4n) is 8.74. The molecular formula is C28H35BrFN5O2. The summed E-state index contributed by atoms with van der Waals surface area (Å²) >= 11 is 3.44. The van der Waals surface area contributed by atoms with E-state index in [4.69, 9.17) is 0 Å². The molecule has 3 saturated carbocycles. The lowest BCUT2D eigenvalue weighted by Gasteiger charge is -2.60. The summed E-state index contributed by atoms with van der Waals surface area (Å²) in [5.74, 6) is 0.859. The van der Waals surface area contributed by atoms with Crippen molar-refractivity contribution >= 4 is 38.9 Å². The van der Waals surface area contributed by atoms with Gasteiger partial charge in [-0.1, -0.05) is 13.8 Å². The molecule has 2 unspecified atom stereocenters. The number of nitrogens with one attached hydrogen (secondary N) is 2. The standard InChI is InChI=1S/C28H35BrFN5O2/c1-14(23-33-21-11-15(29)13-31-24(21)34-23)32-25(36)19-7-6-17-16-5-8-22-28(3,12-20(30)26(37)35(22)4)18(16)9-10-27(17,19)2/h11-14,16-19,22H,5-10H2,1-4H3,(H,32,36)(H,31,33,34)/t14-,16?,17+,18?,19-,22-,27+,28-/m1/s1. The quantitative estimate of drug-likeness (QED) is 0.512. The molecule has 198 valence electrons. The Hall–Kier alpha value is -2.29. The third-order valence-corrected chi connectivity index (χ3v) is 11.0. The lowest BCUT2D eigenvalue weighted by molar-refractivity contribution is -0.145. The highest BCUT2D eigenvalue weighted by Gasteiger charge is 2.62. The third-order valence-electron chi connectivity index (χ3n) is 10.6. The van der Waals surface area contributed by atoms with E-state index in [1.165, 1.54) is 0 Å². The van der Waals surface area contributed by atoms with E-state index in [0.717, 1.165) is 48.5 Å². The summed E-state index contributed by atoms with van der Waals surface area (Å²) in [4.78, 5) is 39.8. The Kier molecular flexibility index (Phi) is 5.82. The van der Waals surface area contributed by atoms with Crippen molar-refractivity contribution in [1.82, 2.24) is 25.2 Å². The SMILES string of the molecule is C[C@@H](NC(=O)[C@H]1CC[C@H]2C3CC[C@H]4N(C)C(=O)C(F)=C[C@]4(C)C3CC[C@]12C)c1nc2ncc(Br)cc2[nH]1. The maximum atomic E-state index is 14.7. The minimum Gasteiger partial charge on any atom is -0.346 e. The number of carbonyl (C=O) groups excluding carboxylic acids is 2. The summed E-state index contributed by atoms with van der Waals surface area (Å²) in [7, 11) is 1.75. The lowest BCUT2D eigenvalue weighted by atomic mass is 9.47. The topological polar surface area (TPSA) is 91.0 Å². The number of aromatic nitrogens is 3. The first-order chi connectivity index (χ1) is 17.5. The molecule has 9 heteroatoms. The second kappa shape index (κ2) is 8.61. The fourth-order valence-corrected chi connectivity index (χ4v) is 9.07. The Labute approximate surface area is 225 Å². The summed E-state index contributed by atoms with van der Waals surface area (Å²) in [5.41, 5.74) is 1.04. The van der Waals surface area contributed by atoms with Crippen molar-refractivity contribution in [2.75, 3.05) is 7.05 Å². The second-order valence-electron chi connectivity index (χ2n) is 12.3. The molecule has 7 nitrogen and oxygen atoms in total. The van der Waals surface area contributed by atoms with Gasteiger partial charge < -0.3 is 15.2 Å². The number of fused-ring (bicyclic) bond motifs is 6. The van der Waals surface area contributed by atoms with Crippen LogP contribution in [0.1, 0.15) is 71.2 Å². The molecule has 6 rings (SSSR count). The van der Waals surface area contributed by atoms with Crippen LogP contribution < -0.4 is 5.32 Å². The minimum atomic E-state index is -0.610. The number of nitrogens with zero attached hydrogens (tertiary/aromatic N) is 3. The van der Waals surface area contributed by atoms with E-state index < -0.39 is 11.7 Å². The number of pyridine rings is 1. The highest BCUT2D eigenvalue weighted by molar-refractivity contribution is 9.10. The number of carbonyl (C=O) groups is 2. The Bertz CT molecular complexity index is 1310. The predicted molar refractivity (Wildman–Crippen MR) is 142 cm³/mol. The molecule has 8 atom stereocenters. The molecule has 3 fully saturated rings. The van der Waals surface area contributed by atoms with Gasteiger partial charge in [0.05, 0.1) is 11.6 Å². The van der Waals surface area contributed by atoms with Gasteiger partial charge in [-0.3, -0.25) is 9.59 Å². The number of aromatic amines is 1. The monoisotopic (exact) mass is 571 g/mol. The molecule has 0 bridgehead atoms. The first-order valence-corrected chi connectivity index (χ1v) is 14.3. The van der Waals surface area contributed by atoms with Gasteiger partial charge in [0, 0.05) is 35.1 Å². The molecule has 0 radical (unpaired) electrons. The molecule has 37 heavy (non-hydrogen) atoms. The molecule has 1 aliphatic heterocycles. The summed E-state index contributed by atoms with van der Waals surface area (Å²) < 4.78 is 15.5. The molecule has 2 aromatic rings. The fraction of sp³-hybridized carbons (Fsp3) is 0.643. The molecule has 2 aromatic heterocycles. The van der Waals surface area contributed by atoms with Crippen LogP contribution in [-0.2, 0) is 9.59 Å². The first-order valence-electron chi connectivity index (χ1n) is 13.5. The molecule has 3 aliphatic carbocycles. The van der Waals surface area contributed by atoms with Crippen LogP contribution in [0.4, 0.5) is 4.39 Å². The van der Waals surface area contributed by atoms with Crippen molar-refractivity contribution in [3.8, 4) is 0 Å². The predicted octanol–water partition coefficient (Wildman–Crippen LogP) is 5.45. The molecule has 2 N–H and O–H groups in total. The molecule has 0 aromatic carbocycles. The lowest BCUT2D eigenvalue weighted by Crippen LogP contribution is -2.60. The Morgan fingerprint density at radius 3 is 2.81 bits per heavy atom. The number of imidazole rings is 1. The summed E-state index contributed by atoms with van der Waals surface area (Å²) in [6.45, 7) is 6.42. The van der Waals surface area contributed by atoms with Gasteiger partial charge in [0.2, 0.25) is 5.91 Å². The first kappa shape index (κ1) is 25.0. The number of halogens is 2. The zero-order valence-corrected chi connectivity index (χ0v) is 23.4. The van der Waals surface area contributed by atoms with E-state index in [1.54, 1.807) is 24.2 Å². The van der Waals surface area contributed by atoms with Crippen molar-refractivity contribution in [2.24, 2.45) is 34.5 Å². The van der Waals surface area contributed by atoms with E-state index in [2.05, 4.69) is 50.0 Å². The maximum absolute atomic E-state index is 14.7. The minimum absolute atomic E-state index is 0.0466. The van der Waals surface area contributed by atoms with E-state index in [1.807, 2.05) is 13.0 Å². The van der Waals surface area contributed by atoms with Crippen molar-refractivity contribution in [2.45, 2.75) is 71.4 Å². The molecule has 3 heterocycles. The van der Waals surface area contributed by atoms with Crippen LogP contribution in [0.25, 0.3) is 11.2 Å². The van der Waals surface area contributed by atoms with Crippen LogP contribution in [0.2, 0.25) is 0 Å². The molecule has 4 aliphatic rings. The van der Waals surface area contributed by atoms with Gasteiger partial charge in [0.25, 0.3) is 5.91 Å². The zero-order chi connectivity index (χ0) is 26.3. The molecule has 0 spiro atoms. The van der Waals surface area contributed by atoms with Crippen molar-refractivity contribution in [3.63, 3.8) is 0 Å². The third kappa shape index (κ3) is 3.70. The summed E-state index contributed by atoms with van der Waals surface area (Å²) in [6.07, 6.45) is 9.08. The van der Waals surface area contributed by atoms with Crippen LogP contribution in [0.15, 0.2) is 28.6 Å². The van der Waals surface area contributed by atoms with Gasteiger partial charge in [0.15, 0.2) is 11.5 Å². The molecule has 2 amide bonds.